The molecule has 0 saturated carbocycles. The summed E-state index contributed by atoms with van der Waals surface area (Å²) in [6.07, 6.45) is -0.752. The molecule has 2 amide bonds. The Balaban J connectivity index is 2.24. The summed E-state index contributed by atoms with van der Waals surface area (Å²) in [4.78, 5) is 78.2. The van der Waals surface area contributed by atoms with Crippen LogP contribution in [0.5, 0.6) is 0 Å². The van der Waals surface area contributed by atoms with Crippen molar-refractivity contribution in [3.05, 3.63) is 41.7 Å². The minimum Gasteiger partial charge on any atom is -0.478 e. The minimum atomic E-state index is -1.15. The van der Waals surface area contributed by atoms with E-state index in [0.717, 1.165) is 4.90 Å². The first-order chi connectivity index (χ1) is 21.7. The van der Waals surface area contributed by atoms with Crippen molar-refractivity contribution in [1.29, 1.82) is 0 Å². The van der Waals surface area contributed by atoms with Crippen LogP contribution in [0.3, 0.4) is 0 Å². The van der Waals surface area contributed by atoms with Gasteiger partial charge in [0.05, 0.1) is 16.8 Å². The predicted octanol–water partition coefficient (Wildman–Crippen LogP) is 7.48. The fourth-order valence-electron chi connectivity index (χ4n) is 5.05. The summed E-state index contributed by atoms with van der Waals surface area (Å²) in [6.45, 7) is 22.2. The fraction of sp³-hybridized carbons (Fsp3) is 0.472. The molecular weight excluding hydrogens is 614 g/mol. The summed E-state index contributed by atoms with van der Waals surface area (Å²) in [5.74, 6) is -2.28. The van der Waals surface area contributed by atoms with Gasteiger partial charge in [0.25, 0.3) is 0 Å². The quantitative estimate of drug-likeness (QED) is 0.236. The number of amides is 2. The minimum absolute atomic E-state index is 0.00423. The van der Waals surface area contributed by atoms with Crippen molar-refractivity contribution in [2.45, 2.75) is 95.6 Å². The maximum Gasteiger partial charge on any atom is 0.419 e. The summed E-state index contributed by atoms with van der Waals surface area (Å²) in [5.41, 5.74) is -2.60. The van der Waals surface area contributed by atoms with Gasteiger partial charge in [-0.3, -0.25) is 14.4 Å². The first kappa shape index (κ1) is 36.0. The van der Waals surface area contributed by atoms with Gasteiger partial charge in [-0.15, -0.1) is 0 Å². The number of anilines is 1. The first-order valence-corrected chi connectivity index (χ1v) is 15.7. The summed E-state index contributed by atoms with van der Waals surface area (Å²) in [6, 6.07) is 7.45. The number of carbonyl (C=O) groups is 5. The molecule has 256 valence electrons. The second-order valence-electron chi connectivity index (χ2n) is 16.1. The van der Waals surface area contributed by atoms with Gasteiger partial charge in [0.15, 0.2) is 5.65 Å². The van der Waals surface area contributed by atoms with Crippen molar-refractivity contribution in [1.82, 2.24) is 19.1 Å². The van der Waals surface area contributed by atoms with Gasteiger partial charge in [-0.05, 0) is 58.0 Å². The van der Waals surface area contributed by atoms with Crippen molar-refractivity contribution in [2.24, 2.45) is 16.2 Å². The number of pyridine rings is 1. The fourth-order valence-corrected chi connectivity index (χ4v) is 5.05. The lowest BCUT2D eigenvalue weighted by Gasteiger charge is -2.32. The number of nitrogens with zero attached hydrogens (tertiary/aromatic N) is 5. The van der Waals surface area contributed by atoms with Crippen molar-refractivity contribution >= 4 is 57.7 Å². The Morgan fingerprint density at radius 3 is 1.79 bits per heavy atom. The molecule has 0 aliphatic rings. The molecule has 0 aliphatic carbocycles. The molecule has 0 bridgehead atoms. The van der Waals surface area contributed by atoms with Crippen LogP contribution in [-0.2, 0) is 14.3 Å². The number of hydrogen-bond donors (Lipinski definition) is 1. The highest BCUT2D eigenvalue weighted by Crippen LogP contribution is 2.38. The zero-order valence-corrected chi connectivity index (χ0v) is 30.0. The second-order valence-corrected chi connectivity index (χ2v) is 16.1. The number of fused-ring (bicyclic) bond motifs is 2. The zero-order chi connectivity index (χ0) is 36.5. The highest BCUT2D eigenvalue weighted by Gasteiger charge is 2.40. The largest absolute Gasteiger partial charge is 0.478 e. The third-order valence-electron chi connectivity index (χ3n) is 7.43. The van der Waals surface area contributed by atoms with Crippen LogP contribution < -0.4 is 4.90 Å². The van der Waals surface area contributed by atoms with E-state index < -0.39 is 45.7 Å². The van der Waals surface area contributed by atoms with Crippen molar-refractivity contribution in [3.63, 3.8) is 0 Å². The lowest BCUT2D eigenvalue weighted by molar-refractivity contribution is -0.134. The predicted molar refractivity (Wildman–Crippen MR) is 183 cm³/mol. The zero-order valence-electron chi connectivity index (χ0n) is 30.0. The summed E-state index contributed by atoms with van der Waals surface area (Å²) >= 11 is 0. The van der Waals surface area contributed by atoms with E-state index in [1.807, 2.05) is 0 Å². The topological polar surface area (TPSA) is 154 Å². The van der Waals surface area contributed by atoms with Gasteiger partial charge in [-0.1, -0.05) is 62.3 Å². The molecule has 1 N–H and O–H groups in total. The molecule has 0 spiro atoms. The smallest absolute Gasteiger partial charge is 0.419 e. The maximum atomic E-state index is 14.0. The van der Waals surface area contributed by atoms with Crippen molar-refractivity contribution in [2.75, 3.05) is 4.90 Å². The third-order valence-corrected chi connectivity index (χ3v) is 7.43. The van der Waals surface area contributed by atoms with E-state index >= 15 is 0 Å². The van der Waals surface area contributed by atoms with Crippen molar-refractivity contribution < 1.29 is 33.8 Å². The molecule has 3 heterocycles. The summed E-state index contributed by atoms with van der Waals surface area (Å²) < 4.78 is 8.44. The van der Waals surface area contributed by atoms with Gasteiger partial charge < -0.3 is 9.84 Å². The van der Waals surface area contributed by atoms with Gasteiger partial charge in [-0.2, -0.15) is 0 Å². The Morgan fingerprint density at radius 2 is 1.31 bits per heavy atom. The van der Waals surface area contributed by atoms with Gasteiger partial charge >= 0.3 is 12.1 Å². The molecule has 0 radical (unpaired) electrons. The molecule has 12 nitrogen and oxygen atoms in total. The number of rotatable bonds is 3. The van der Waals surface area contributed by atoms with Gasteiger partial charge in [0, 0.05) is 27.2 Å². The normalized spacial score (nSPS) is 12.8. The molecule has 48 heavy (non-hydrogen) atoms. The lowest BCUT2D eigenvalue weighted by atomic mass is 9.90. The molecule has 1 aromatic carbocycles. The van der Waals surface area contributed by atoms with E-state index in [1.54, 1.807) is 96.1 Å². The SMILES string of the molecule is Cc1nc2c(-c3cc4cc(C(=O)O)ccc4n3C(=O)OC(C)(C)C)cc(N(C(=O)C(C)(C)C)C(=O)C(C)(C)C)nc2n1C(=O)C(C)(C)C. The van der Waals surface area contributed by atoms with Crippen LogP contribution in [0, 0.1) is 23.2 Å². The number of carboxylic acids is 1. The first-order valence-electron chi connectivity index (χ1n) is 15.7. The molecule has 0 fully saturated rings. The third kappa shape index (κ3) is 6.74. The average molecular weight is 660 g/mol. The standard InChI is InChI=1S/C36H45N5O7/c1-19-37-26-22(24-17-21-16-20(28(42)43)14-15-23(21)40(24)32(47)48-36(11,12)13)18-25(38-27(26)39(19)29(44)33(2,3)4)41(30(45)34(5,6)7)31(46)35(8,9)10/h14-18H,1-13H3,(H,42,43). The van der Waals surface area contributed by atoms with Crippen LogP contribution in [0.15, 0.2) is 30.3 Å². The number of benzene rings is 1. The number of imidazole rings is 1. The monoisotopic (exact) mass is 659 g/mol. The number of carbonyl (C=O) groups excluding carboxylic acids is 4. The molecule has 0 unspecified atom stereocenters. The summed E-state index contributed by atoms with van der Waals surface area (Å²) in [7, 11) is 0. The van der Waals surface area contributed by atoms with Crippen LogP contribution in [0.25, 0.3) is 33.3 Å². The highest BCUT2D eigenvalue weighted by atomic mass is 16.6. The molecule has 0 saturated heterocycles. The van der Waals surface area contributed by atoms with Crippen LogP contribution in [-0.4, -0.2) is 59.6 Å². The Labute approximate surface area is 280 Å². The molecule has 4 aromatic rings. The summed E-state index contributed by atoms with van der Waals surface area (Å²) in [5, 5.41) is 10.1. The molecule has 3 aromatic heterocycles. The Morgan fingerprint density at radius 1 is 0.750 bits per heavy atom. The highest BCUT2D eigenvalue weighted by molar-refractivity contribution is 6.18. The number of hydrogen-bond acceptors (Lipinski definition) is 8. The average Bonchev–Trinajstić information content (AvgIpc) is 3.46. The Bertz CT molecular complexity index is 1980. The van der Waals surface area contributed by atoms with E-state index in [2.05, 4.69) is 0 Å². The van der Waals surface area contributed by atoms with E-state index in [9.17, 15) is 29.1 Å². The van der Waals surface area contributed by atoms with Crippen LogP contribution >= 0.6 is 0 Å². The van der Waals surface area contributed by atoms with Gasteiger partial charge in [-0.25, -0.2) is 33.6 Å². The molecular formula is C36H45N5O7. The number of carboxylic acid groups (broad SMARTS) is 1. The molecule has 0 aliphatic heterocycles. The second kappa shape index (κ2) is 11.7. The van der Waals surface area contributed by atoms with Crippen LogP contribution in [0.2, 0.25) is 0 Å². The number of ether oxygens (including phenoxy) is 1. The molecule has 12 heteroatoms. The Kier molecular flexibility index (Phi) is 8.75. The number of aromatic carboxylic acids is 1. The molecule has 0 atom stereocenters. The van der Waals surface area contributed by atoms with Crippen LogP contribution in [0.1, 0.15) is 104 Å². The number of aryl methyl sites for hydroxylation is 1. The van der Waals surface area contributed by atoms with Gasteiger partial charge in [0.2, 0.25) is 17.7 Å². The number of aromatic nitrogens is 4. The van der Waals surface area contributed by atoms with E-state index in [0.29, 0.717) is 16.7 Å². The van der Waals surface area contributed by atoms with Gasteiger partial charge in [0.1, 0.15) is 22.8 Å². The lowest BCUT2D eigenvalue weighted by Crippen LogP contribution is -2.48. The van der Waals surface area contributed by atoms with E-state index in [1.165, 1.54) is 33.4 Å². The van der Waals surface area contributed by atoms with E-state index in [-0.39, 0.29) is 39.7 Å². The van der Waals surface area contributed by atoms with Crippen LogP contribution in [0.4, 0.5) is 10.6 Å². The molecule has 4 rings (SSSR count). The number of imide groups is 1. The maximum absolute atomic E-state index is 14.0. The van der Waals surface area contributed by atoms with Crippen molar-refractivity contribution in [3.8, 4) is 11.3 Å². The Hall–Kier alpha value is -4.87. The van der Waals surface area contributed by atoms with E-state index in [4.69, 9.17) is 14.7 Å².